The van der Waals surface area contributed by atoms with Gasteiger partial charge >= 0.3 is 0 Å². The maximum absolute atomic E-state index is 14.0. The fourth-order valence-electron chi connectivity index (χ4n) is 4.97. The van der Waals surface area contributed by atoms with Crippen molar-refractivity contribution in [3.8, 4) is 5.75 Å². The van der Waals surface area contributed by atoms with E-state index in [0.717, 1.165) is 11.3 Å². The first kappa shape index (κ1) is 20.7. The summed E-state index contributed by atoms with van der Waals surface area (Å²) in [7, 11) is 0. The molecule has 3 heterocycles. The normalized spacial score (nSPS) is 24.9. The Morgan fingerprint density at radius 3 is 2.69 bits per heavy atom. The van der Waals surface area contributed by atoms with E-state index in [-0.39, 0.29) is 35.9 Å². The summed E-state index contributed by atoms with van der Waals surface area (Å²) in [5, 5.41) is 2.91. The van der Waals surface area contributed by atoms with Crippen molar-refractivity contribution in [1.82, 2.24) is 9.97 Å². The highest BCUT2D eigenvalue weighted by atomic mass is 19.3. The summed E-state index contributed by atoms with van der Waals surface area (Å²) in [6.45, 7) is 4.74. The average molecular weight is 441 g/mol. The molecule has 9 heteroatoms. The Kier molecular flexibility index (Phi) is 4.61. The number of amides is 1. The molecule has 32 heavy (non-hydrogen) atoms. The van der Waals surface area contributed by atoms with Gasteiger partial charge < -0.3 is 20.7 Å². The fourth-order valence-corrected chi connectivity index (χ4v) is 4.97. The predicted molar refractivity (Wildman–Crippen MR) is 116 cm³/mol. The van der Waals surface area contributed by atoms with Crippen LogP contribution in [0, 0.1) is 11.8 Å². The van der Waals surface area contributed by atoms with Crippen LogP contribution in [0.25, 0.3) is 5.57 Å². The summed E-state index contributed by atoms with van der Waals surface area (Å²) in [5.41, 5.74) is 7.62. The summed E-state index contributed by atoms with van der Waals surface area (Å²) in [6.07, 6.45) is 4.81. The van der Waals surface area contributed by atoms with Crippen LogP contribution >= 0.6 is 0 Å². The van der Waals surface area contributed by atoms with Crippen LogP contribution < -0.4 is 20.7 Å². The molecule has 2 aromatic rings. The van der Waals surface area contributed by atoms with Crippen molar-refractivity contribution in [3.63, 3.8) is 0 Å². The van der Waals surface area contributed by atoms with Crippen LogP contribution in [0.3, 0.4) is 0 Å². The second kappa shape index (κ2) is 7.15. The lowest BCUT2D eigenvalue weighted by Gasteiger charge is -2.38. The van der Waals surface area contributed by atoms with E-state index in [1.165, 1.54) is 18.6 Å². The molecule has 2 atom stereocenters. The van der Waals surface area contributed by atoms with Crippen LogP contribution in [-0.2, 0) is 11.2 Å². The highest BCUT2D eigenvalue weighted by Crippen LogP contribution is 2.54. The molecule has 1 aromatic heterocycles. The van der Waals surface area contributed by atoms with Crippen molar-refractivity contribution in [2.24, 2.45) is 17.6 Å². The first-order valence-corrected chi connectivity index (χ1v) is 10.7. The van der Waals surface area contributed by atoms with Gasteiger partial charge in [-0.3, -0.25) is 4.79 Å². The number of anilines is 2. The SMILES string of the molecule is CC1(C)Cc2cc(NC(=O)C(=CN)c3ncccn3)c(N3CC4CC(F)(F)C4C3)cc2O1. The minimum absolute atomic E-state index is 0.0450. The van der Waals surface area contributed by atoms with Gasteiger partial charge in [0.05, 0.1) is 16.9 Å². The Balaban J connectivity index is 1.48. The van der Waals surface area contributed by atoms with E-state index >= 15 is 0 Å². The van der Waals surface area contributed by atoms with E-state index < -0.39 is 17.7 Å². The van der Waals surface area contributed by atoms with E-state index in [1.54, 1.807) is 6.07 Å². The summed E-state index contributed by atoms with van der Waals surface area (Å²) >= 11 is 0. The standard InChI is InChI=1S/C23H25F2N5O2/c1-22(2)8-13-6-17(29-21(31)15(10-26)20-27-4-3-5-28-20)18(7-19(13)32-22)30-11-14-9-23(24,25)16(14)12-30/h3-7,10,14,16H,8-9,11-12,26H2,1-2H3,(H,29,31). The number of alkyl halides is 2. The highest BCUT2D eigenvalue weighted by Gasteiger charge is 2.59. The monoisotopic (exact) mass is 441 g/mol. The van der Waals surface area contributed by atoms with Crippen LogP contribution in [0.15, 0.2) is 36.8 Å². The van der Waals surface area contributed by atoms with Crippen molar-refractivity contribution >= 4 is 22.9 Å². The first-order chi connectivity index (χ1) is 15.2. The quantitative estimate of drug-likeness (QED) is 0.708. The molecule has 0 radical (unpaired) electrons. The van der Waals surface area contributed by atoms with E-state index in [1.807, 2.05) is 30.9 Å². The fraction of sp³-hybridized carbons (Fsp3) is 0.435. The van der Waals surface area contributed by atoms with Crippen LogP contribution in [-0.4, -0.2) is 40.5 Å². The third kappa shape index (κ3) is 3.45. The van der Waals surface area contributed by atoms with Gasteiger partial charge in [0, 0.05) is 62.1 Å². The number of aromatic nitrogens is 2. The summed E-state index contributed by atoms with van der Waals surface area (Å²) in [5.74, 6) is -2.87. The van der Waals surface area contributed by atoms with Crippen LogP contribution in [0.1, 0.15) is 31.7 Å². The summed E-state index contributed by atoms with van der Waals surface area (Å²) in [4.78, 5) is 23.2. The second-order valence-corrected chi connectivity index (χ2v) is 9.36. The lowest BCUT2D eigenvalue weighted by molar-refractivity contribution is -0.152. The number of fused-ring (bicyclic) bond motifs is 2. The first-order valence-electron chi connectivity index (χ1n) is 10.7. The van der Waals surface area contributed by atoms with Gasteiger partial charge in [-0.1, -0.05) is 0 Å². The number of carbonyl (C=O) groups is 1. The Labute approximate surface area is 184 Å². The number of nitrogens with zero attached hydrogens (tertiary/aromatic N) is 3. The molecule has 5 rings (SSSR count). The van der Waals surface area contributed by atoms with Crippen molar-refractivity contribution in [2.75, 3.05) is 23.3 Å². The molecular weight excluding hydrogens is 416 g/mol. The zero-order valence-corrected chi connectivity index (χ0v) is 17.9. The highest BCUT2D eigenvalue weighted by molar-refractivity contribution is 6.24. The number of ether oxygens (including phenoxy) is 1. The van der Waals surface area contributed by atoms with Gasteiger partial charge in [-0.2, -0.15) is 0 Å². The topological polar surface area (TPSA) is 93.4 Å². The van der Waals surface area contributed by atoms with Crippen LogP contribution in [0.4, 0.5) is 20.2 Å². The molecule has 0 spiro atoms. The zero-order chi connectivity index (χ0) is 22.7. The molecule has 1 saturated heterocycles. The molecule has 2 fully saturated rings. The number of hydrogen-bond donors (Lipinski definition) is 2. The van der Waals surface area contributed by atoms with Crippen LogP contribution in [0.5, 0.6) is 5.75 Å². The third-order valence-electron chi connectivity index (χ3n) is 6.51. The molecule has 1 amide bonds. The van der Waals surface area contributed by atoms with E-state index in [0.29, 0.717) is 24.3 Å². The van der Waals surface area contributed by atoms with Crippen molar-refractivity contribution < 1.29 is 18.3 Å². The molecule has 168 valence electrons. The average Bonchev–Trinajstić information content (AvgIpc) is 3.24. The summed E-state index contributed by atoms with van der Waals surface area (Å²) in [6, 6.07) is 5.37. The Morgan fingerprint density at radius 1 is 1.28 bits per heavy atom. The van der Waals surface area contributed by atoms with Crippen molar-refractivity contribution in [2.45, 2.75) is 38.2 Å². The zero-order valence-electron chi connectivity index (χ0n) is 17.9. The van der Waals surface area contributed by atoms with Crippen molar-refractivity contribution in [1.29, 1.82) is 0 Å². The maximum Gasteiger partial charge on any atom is 0.261 e. The molecule has 1 aliphatic carbocycles. The number of carbonyl (C=O) groups excluding carboxylic acids is 1. The van der Waals surface area contributed by atoms with Gasteiger partial charge in [-0.05, 0) is 31.9 Å². The lowest BCUT2D eigenvalue weighted by Crippen LogP contribution is -2.46. The Morgan fingerprint density at radius 2 is 2.03 bits per heavy atom. The molecular formula is C23H25F2N5O2. The molecule has 2 unspecified atom stereocenters. The maximum atomic E-state index is 14.0. The van der Waals surface area contributed by atoms with Gasteiger partial charge in [0.15, 0.2) is 5.82 Å². The van der Waals surface area contributed by atoms with Gasteiger partial charge in [-0.25, -0.2) is 18.7 Å². The van der Waals surface area contributed by atoms with E-state index in [9.17, 15) is 13.6 Å². The molecule has 3 aliphatic rings. The van der Waals surface area contributed by atoms with E-state index in [2.05, 4.69) is 15.3 Å². The number of benzene rings is 1. The van der Waals surface area contributed by atoms with Crippen LogP contribution in [0.2, 0.25) is 0 Å². The lowest BCUT2D eigenvalue weighted by atomic mass is 9.72. The Bertz CT molecular complexity index is 1100. The molecule has 3 N–H and O–H groups in total. The van der Waals surface area contributed by atoms with Gasteiger partial charge in [0.25, 0.3) is 11.8 Å². The largest absolute Gasteiger partial charge is 0.487 e. The number of nitrogens with two attached hydrogens (primary N) is 1. The Hall–Kier alpha value is -3.23. The van der Waals surface area contributed by atoms with Gasteiger partial charge in [0.2, 0.25) is 0 Å². The predicted octanol–water partition coefficient (Wildman–Crippen LogP) is 3.22. The smallest absolute Gasteiger partial charge is 0.261 e. The minimum atomic E-state index is -2.63. The summed E-state index contributed by atoms with van der Waals surface area (Å²) < 4.78 is 34.1. The number of rotatable bonds is 4. The molecule has 1 aromatic carbocycles. The third-order valence-corrected chi connectivity index (χ3v) is 6.51. The molecule has 0 bridgehead atoms. The number of hydrogen-bond acceptors (Lipinski definition) is 6. The van der Waals surface area contributed by atoms with Gasteiger partial charge in [-0.15, -0.1) is 0 Å². The molecule has 7 nitrogen and oxygen atoms in total. The van der Waals surface area contributed by atoms with E-state index in [4.69, 9.17) is 10.5 Å². The number of halogens is 2. The molecule has 1 saturated carbocycles. The van der Waals surface area contributed by atoms with Crippen molar-refractivity contribution in [3.05, 3.63) is 48.2 Å². The number of nitrogens with one attached hydrogen (secondary N) is 1. The molecule has 2 aliphatic heterocycles. The minimum Gasteiger partial charge on any atom is -0.487 e. The second-order valence-electron chi connectivity index (χ2n) is 9.36. The van der Waals surface area contributed by atoms with Gasteiger partial charge in [0.1, 0.15) is 11.4 Å².